The maximum absolute atomic E-state index is 11.3. The lowest BCUT2D eigenvalue weighted by molar-refractivity contribution is 0.244. The molecule has 0 saturated heterocycles. The summed E-state index contributed by atoms with van der Waals surface area (Å²) in [4.78, 5) is 0. The van der Waals surface area contributed by atoms with E-state index in [2.05, 4.69) is 5.32 Å². The average molecular weight is 314 g/mol. The van der Waals surface area contributed by atoms with Crippen molar-refractivity contribution in [1.29, 1.82) is 0 Å². The van der Waals surface area contributed by atoms with Gasteiger partial charge in [-0.15, -0.1) is 0 Å². The third kappa shape index (κ3) is 4.10. The molecular weight excluding hydrogens is 298 g/mol. The van der Waals surface area contributed by atoms with Gasteiger partial charge >= 0.3 is 0 Å². The van der Waals surface area contributed by atoms with Crippen LogP contribution in [-0.2, 0) is 29.7 Å². The van der Waals surface area contributed by atoms with Gasteiger partial charge in [0.25, 0.3) is 0 Å². The topological polar surface area (TPSA) is 62.5 Å². The van der Waals surface area contributed by atoms with Crippen molar-refractivity contribution in [3.63, 3.8) is 0 Å². The number of aliphatic hydroxyl groups is 1. The number of anilines is 1. The van der Waals surface area contributed by atoms with Gasteiger partial charge in [-0.3, -0.25) is 4.21 Å². The molecule has 0 aliphatic carbocycles. The van der Waals surface area contributed by atoms with Crippen molar-refractivity contribution < 1.29 is 13.7 Å². The van der Waals surface area contributed by atoms with Crippen molar-refractivity contribution in [1.82, 2.24) is 0 Å². The summed E-state index contributed by atoms with van der Waals surface area (Å²) < 4.78 is 16.7. The van der Waals surface area contributed by atoms with Crippen LogP contribution >= 0.6 is 11.6 Å². The van der Waals surface area contributed by atoms with Crippen LogP contribution in [0.5, 0.6) is 0 Å². The van der Waals surface area contributed by atoms with Gasteiger partial charge in [0, 0.05) is 33.5 Å². The fourth-order valence-corrected chi connectivity index (χ4v) is 2.75. The van der Waals surface area contributed by atoms with Crippen molar-refractivity contribution in [2.24, 2.45) is 0 Å². The molecule has 20 heavy (non-hydrogen) atoms. The Morgan fingerprint density at radius 3 is 2.70 bits per heavy atom. The van der Waals surface area contributed by atoms with Crippen molar-refractivity contribution in [2.75, 3.05) is 11.6 Å². The van der Waals surface area contributed by atoms with Crippen molar-refractivity contribution in [3.8, 4) is 0 Å². The highest BCUT2D eigenvalue weighted by Gasteiger charge is 2.05. The van der Waals surface area contributed by atoms with E-state index < -0.39 is 10.8 Å². The Morgan fingerprint density at radius 1 is 1.30 bits per heavy atom. The molecule has 2 N–H and O–H groups in total. The standard InChI is InChI=1S/C14H16ClNO3S/c1-20(18)9-10-6-11(2-5-14(10)15)16-7-12-3-4-13(8-17)19-12/h2-6,16-17H,7-9H2,1H3. The molecule has 1 heterocycles. The van der Waals surface area contributed by atoms with E-state index >= 15 is 0 Å². The zero-order valence-electron chi connectivity index (χ0n) is 11.1. The molecule has 1 atom stereocenters. The first-order valence-corrected chi connectivity index (χ1v) is 8.20. The molecule has 2 aromatic rings. The van der Waals surface area contributed by atoms with Crippen LogP contribution in [0.4, 0.5) is 5.69 Å². The average Bonchev–Trinajstić information content (AvgIpc) is 2.87. The summed E-state index contributed by atoms with van der Waals surface area (Å²) in [6.07, 6.45) is 1.65. The van der Waals surface area contributed by atoms with Crippen molar-refractivity contribution in [2.45, 2.75) is 18.9 Å². The largest absolute Gasteiger partial charge is 0.462 e. The fourth-order valence-electron chi connectivity index (χ4n) is 1.81. The first kappa shape index (κ1) is 15.1. The van der Waals surface area contributed by atoms with Crippen LogP contribution in [0.25, 0.3) is 0 Å². The van der Waals surface area contributed by atoms with Crippen LogP contribution in [-0.4, -0.2) is 15.6 Å². The maximum atomic E-state index is 11.3. The lowest BCUT2D eigenvalue weighted by Crippen LogP contribution is -2.00. The number of nitrogens with one attached hydrogen (secondary N) is 1. The molecule has 0 fully saturated rings. The van der Waals surface area contributed by atoms with Gasteiger partial charge < -0.3 is 14.8 Å². The van der Waals surface area contributed by atoms with E-state index in [0.29, 0.717) is 23.1 Å². The van der Waals surface area contributed by atoms with Gasteiger partial charge in [-0.25, -0.2) is 0 Å². The van der Waals surface area contributed by atoms with Crippen LogP contribution in [0.3, 0.4) is 0 Å². The Bertz CT molecular complexity index is 612. The van der Waals surface area contributed by atoms with Crippen LogP contribution in [0.2, 0.25) is 5.02 Å². The maximum Gasteiger partial charge on any atom is 0.129 e. The minimum absolute atomic E-state index is 0.104. The smallest absolute Gasteiger partial charge is 0.129 e. The summed E-state index contributed by atoms with van der Waals surface area (Å²) in [5.41, 5.74) is 1.74. The molecule has 0 spiro atoms. The predicted molar refractivity (Wildman–Crippen MR) is 81.2 cm³/mol. The normalized spacial score (nSPS) is 12.3. The fraction of sp³-hybridized carbons (Fsp3) is 0.286. The van der Waals surface area contributed by atoms with E-state index in [9.17, 15) is 4.21 Å². The number of furan rings is 1. The van der Waals surface area contributed by atoms with Gasteiger partial charge in [0.15, 0.2) is 0 Å². The molecule has 0 saturated carbocycles. The first-order chi connectivity index (χ1) is 9.58. The van der Waals surface area contributed by atoms with Crippen LogP contribution in [0, 0.1) is 0 Å². The van der Waals surface area contributed by atoms with Gasteiger partial charge in [0.2, 0.25) is 0 Å². The lowest BCUT2D eigenvalue weighted by Gasteiger charge is -2.08. The van der Waals surface area contributed by atoms with Gasteiger partial charge in [0.05, 0.1) is 6.54 Å². The van der Waals surface area contributed by atoms with E-state index in [-0.39, 0.29) is 6.61 Å². The molecule has 1 aromatic heterocycles. The molecule has 0 aliphatic rings. The second-order valence-corrected chi connectivity index (χ2v) is 6.25. The van der Waals surface area contributed by atoms with Gasteiger partial charge in [-0.2, -0.15) is 0 Å². The number of aliphatic hydroxyl groups excluding tert-OH is 1. The molecule has 1 aromatic carbocycles. The second-order valence-electron chi connectivity index (χ2n) is 4.40. The van der Waals surface area contributed by atoms with E-state index in [4.69, 9.17) is 21.1 Å². The highest BCUT2D eigenvalue weighted by Crippen LogP contribution is 2.22. The Hall–Kier alpha value is -1.30. The SMILES string of the molecule is CS(=O)Cc1cc(NCc2ccc(CO)o2)ccc1Cl. The molecule has 108 valence electrons. The lowest BCUT2D eigenvalue weighted by atomic mass is 10.2. The summed E-state index contributed by atoms with van der Waals surface area (Å²) in [6.45, 7) is 0.406. The summed E-state index contributed by atoms with van der Waals surface area (Å²) in [6, 6.07) is 9.09. The Morgan fingerprint density at radius 2 is 2.05 bits per heavy atom. The summed E-state index contributed by atoms with van der Waals surface area (Å²) in [7, 11) is -0.931. The van der Waals surface area contributed by atoms with E-state index in [1.807, 2.05) is 18.2 Å². The molecule has 4 nitrogen and oxygen atoms in total. The monoisotopic (exact) mass is 313 g/mol. The number of hydrogen-bond donors (Lipinski definition) is 2. The van der Waals surface area contributed by atoms with Gasteiger partial charge in [-0.05, 0) is 35.9 Å². The van der Waals surface area contributed by atoms with E-state index in [1.54, 1.807) is 18.4 Å². The number of rotatable bonds is 6. The molecule has 2 rings (SSSR count). The first-order valence-electron chi connectivity index (χ1n) is 6.09. The zero-order chi connectivity index (χ0) is 14.5. The molecule has 0 bridgehead atoms. The molecule has 0 radical (unpaired) electrons. The second kappa shape index (κ2) is 6.92. The number of hydrogen-bond acceptors (Lipinski definition) is 4. The quantitative estimate of drug-likeness (QED) is 0.860. The number of benzene rings is 1. The van der Waals surface area contributed by atoms with Crippen molar-refractivity contribution in [3.05, 3.63) is 52.4 Å². The summed E-state index contributed by atoms with van der Waals surface area (Å²) >= 11 is 6.07. The minimum Gasteiger partial charge on any atom is -0.462 e. The zero-order valence-corrected chi connectivity index (χ0v) is 12.6. The van der Waals surface area contributed by atoms with Crippen molar-refractivity contribution >= 4 is 28.1 Å². The van der Waals surface area contributed by atoms with Crippen LogP contribution < -0.4 is 5.32 Å². The molecule has 1 unspecified atom stereocenters. The summed E-state index contributed by atoms with van der Waals surface area (Å²) in [5, 5.41) is 12.8. The van der Waals surface area contributed by atoms with Gasteiger partial charge in [0.1, 0.15) is 18.1 Å². The molecule has 0 amide bonds. The Labute approximate surface area is 125 Å². The highest BCUT2D eigenvalue weighted by molar-refractivity contribution is 7.83. The van der Waals surface area contributed by atoms with Crippen LogP contribution in [0.15, 0.2) is 34.7 Å². The minimum atomic E-state index is -0.931. The highest BCUT2D eigenvalue weighted by atomic mass is 35.5. The van der Waals surface area contributed by atoms with Gasteiger partial charge in [-0.1, -0.05) is 11.6 Å². The van der Waals surface area contributed by atoms with Crippen LogP contribution in [0.1, 0.15) is 17.1 Å². The molecule has 6 heteroatoms. The molecular formula is C14H16ClNO3S. The predicted octanol–water partition coefficient (Wildman–Crippen LogP) is 2.92. The van der Waals surface area contributed by atoms with E-state index in [0.717, 1.165) is 17.0 Å². The third-order valence-electron chi connectivity index (χ3n) is 2.74. The number of halogens is 1. The summed E-state index contributed by atoms with van der Waals surface area (Å²) in [5.74, 6) is 1.72. The Kier molecular flexibility index (Phi) is 5.23. The third-order valence-corrected chi connectivity index (χ3v) is 3.83. The van der Waals surface area contributed by atoms with E-state index in [1.165, 1.54) is 0 Å². The molecule has 0 aliphatic heterocycles. The Balaban J connectivity index is 2.03.